The summed E-state index contributed by atoms with van der Waals surface area (Å²) in [6.45, 7) is 3.88. The van der Waals surface area contributed by atoms with Crippen molar-refractivity contribution in [2.24, 2.45) is 0 Å². The van der Waals surface area contributed by atoms with Gasteiger partial charge >= 0.3 is 0 Å². The third kappa shape index (κ3) is 4.06. The quantitative estimate of drug-likeness (QED) is 0.484. The average molecular weight is 451 g/mol. The Kier molecular flexibility index (Phi) is 5.67. The predicted octanol–water partition coefficient (Wildman–Crippen LogP) is 3.12. The zero-order chi connectivity index (χ0) is 22.9. The van der Waals surface area contributed by atoms with Gasteiger partial charge < -0.3 is 10.1 Å². The van der Waals surface area contributed by atoms with Gasteiger partial charge in [0.05, 0.1) is 22.5 Å². The van der Waals surface area contributed by atoms with Crippen LogP contribution >= 0.6 is 0 Å². The Labute approximate surface area is 185 Å². The van der Waals surface area contributed by atoms with Gasteiger partial charge in [0, 0.05) is 31.3 Å². The van der Waals surface area contributed by atoms with E-state index >= 15 is 0 Å². The van der Waals surface area contributed by atoms with Crippen molar-refractivity contribution in [3.05, 3.63) is 83.4 Å². The van der Waals surface area contributed by atoms with Crippen LogP contribution in [0, 0.1) is 13.8 Å². The number of aryl methyl sites for hydroxylation is 2. The van der Waals surface area contributed by atoms with E-state index < -0.39 is 9.84 Å². The molecule has 4 rings (SSSR count). The molecule has 0 atom stereocenters. The standard InChI is InChI=1S/C23H22N4O4S/c1-15-10-20(11-16(2)21(15)31-3)32(29,30)19-6-4-17(5-7-19)12-25-22(28)18-13-26-23-24-8-9-27(23)14-18/h4-11,13-14H,12H2,1-3H3,(H,25,28). The summed E-state index contributed by atoms with van der Waals surface area (Å²) in [5, 5.41) is 2.81. The number of aromatic nitrogens is 3. The summed E-state index contributed by atoms with van der Waals surface area (Å²) in [5.74, 6) is 0.909. The minimum absolute atomic E-state index is 0.186. The van der Waals surface area contributed by atoms with Crippen molar-refractivity contribution < 1.29 is 17.9 Å². The maximum Gasteiger partial charge on any atom is 0.254 e. The molecule has 0 saturated heterocycles. The largest absolute Gasteiger partial charge is 0.496 e. The van der Waals surface area contributed by atoms with Crippen molar-refractivity contribution in [3.8, 4) is 5.75 Å². The first-order chi connectivity index (χ1) is 15.3. The predicted molar refractivity (Wildman–Crippen MR) is 119 cm³/mol. The van der Waals surface area contributed by atoms with Gasteiger partial charge in [0.15, 0.2) is 0 Å². The number of rotatable bonds is 6. The lowest BCUT2D eigenvalue weighted by atomic mass is 10.1. The van der Waals surface area contributed by atoms with Crippen molar-refractivity contribution in [1.82, 2.24) is 19.7 Å². The van der Waals surface area contributed by atoms with Crippen LogP contribution in [0.2, 0.25) is 0 Å². The van der Waals surface area contributed by atoms with Gasteiger partial charge in [-0.05, 0) is 54.8 Å². The molecule has 2 heterocycles. The van der Waals surface area contributed by atoms with E-state index in [1.54, 1.807) is 66.5 Å². The Morgan fingerprint density at radius 2 is 1.75 bits per heavy atom. The molecule has 4 aromatic rings. The van der Waals surface area contributed by atoms with E-state index in [0.29, 0.717) is 17.1 Å². The van der Waals surface area contributed by atoms with Crippen molar-refractivity contribution in [2.75, 3.05) is 7.11 Å². The molecule has 1 N–H and O–H groups in total. The molecular formula is C23H22N4O4S. The number of benzene rings is 2. The highest BCUT2D eigenvalue weighted by atomic mass is 32.2. The Morgan fingerprint density at radius 1 is 1.06 bits per heavy atom. The third-order valence-electron chi connectivity index (χ3n) is 5.14. The molecule has 0 bridgehead atoms. The van der Waals surface area contributed by atoms with Crippen LogP contribution in [0.4, 0.5) is 0 Å². The molecule has 0 unspecified atom stereocenters. The third-order valence-corrected chi connectivity index (χ3v) is 6.89. The number of methoxy groups -OCH3 is 1. The molecule has 32 heavy (non-hydrogen) atoms. The Bertz CT molecular complexity index is 1390. The first-order valence-electron chi connectivity index (χ1n) is 9.86. The molecule has 8 nitrogen and oxygen atoms in total. The van der Waals surface area contributed by atoms with Crippen LogP contribution in [0.15, 0.2) is 71.0 Å². The number of hydrogen-bond donors (Lipinski definition) is 1. The summed E-state index contributed by atoms with van der Waals surface area (Å²) in [6, 6.07) is 9.69. The zero-order valence-electron chi connectivity index (χ0n) is 17.9. The molecule has 164 valence electrons. The number of fused-ring (bicyclic) bond motifs is 1. The number of nitrogens with one attached hydrogen (secondary N) is 1. The van der Waals surface area contributed by atoms with Crippen molar-refractivity contribution in [2.45, 2.75) is 30.2 Å². The second-order valence-electron chi connectivity index (χ2n) is 7.40. The van der Waals surface area contributed by atoms with Gasteiger partial charge in [-0.1, -0.05) is 12.1 Å². The summed E-state index contributed by atoms with van der Waals surface area (Å²) < 4.78 is 33.1. The second kappa shape index (κ2) is 8.43. The van der Waals surface area contributed by atoms with Gasteiger partial charge in [0.1, 0.15) is 5.75 Å². The van der Waals surface area contributed by atoms with E-state index in [4.69, 9.17) is 4.74 Å². The maximum atomic E-state index is 13.1. The molecule has 2 aromatic heterocycles. The lowest BCUT2D eigenvalue weighted by Crippen LogP contribution is -2.23. The Morgan fingerprint density at radius 3 is 2.41 bits per heavy atom. The van der Waals surface area contributed by atoms with Crippen LogP contribution < -0.4 is 10.1 Å². The molecule has 9 heteroatoms. The number of imidazole rings is 1. The first kappa shape index (κ1) is 21.5. The minimum atomic E-state index is -3.68. The van der Waals surface area contributed by atoms with Gasteiger partial charge in [0.2, 0.25) is 15.6 Å². The topological polar surface area (TPSA) is 103 Å². The number of amides is 1. The fourth-order valence-electron chi connectivity index (χ4n) is 3.53. The van der Waals surface area contributed by atoms with Crippen LogP contribution in [0.5, 0.6) is 5.75 Å². The molecule has 2 aromatic carbocycles. The molecule has 0 fully saturated rings. The van der Waals surface area contributed by atoms with Gasteiger partial charge in [-0.3, -0.25) is 9.20 Å². The zero-order valence-corrected chi connectivity index (χ0v) is 18.7. The van der Waals surface area contributed by atoms with Crippen molar-refractivity contribution >= 4 is 21.5 Å². The molecule has 0 aliphatic carbocycles. The number of carbonyl (C=O) groups is 1. The van der Waals surface area contributed by atoms with Crippen LogP contribution in [0.25, 0.3) is 5.78 Å². The van der Waals surface area contributed by atoms with E-state index in [2.05, 4.69) is 15.3 Å². The SMILES string of the molecule is COc1c(C)cc(S(=O)(=O)c2ccc(CNC(=O)c3cnc4nccn4c3)cc2)cc1C. The normalized spacial score (nSPS) is 11.5. The van der Waals surface area contributed by atoms with Gasteiger partial charge in [-0.15, -0.1) is 0 Å². The summed E-state index contributed by atoms with van der Waals surface area (Å²) in [5.41, 5.74) is 2.69. The fourth-order valence-corrected chi connectivity index (χ4v) is 4.96. The van der Waals surface area contributed by atoms with Gasteiger partial charge in [-0.2, -0.15) is 0 Å². The minimum Gasteiger partial charge on any atom is -0.496 e. The summed E-state index contributed by atoms with van der Waals surface area (Å²) >= 11 is 0. The lowest BCUT2D eigenvalue weighted by Gasteiger charge is -2.12. The second-order valence-corrected chi connectivity index (χ2v) is 9.35. The van der Waals surface area contributed by atoms with Crippen LogP contribution in [0.3, 0.4) is 0 Å². The highest BCUT2D eigenvalue weighted by Gasteiger charge is 2.20. The number of ether oxygens (including phenoxy) is 1. The van der Waals surface area contributed by atoms with Crippen LogP contribution in [-0.4, -0.2) is 35.8 Å². The molecule has 0 aliphatic heterocycles. The highest BCUT2D eigenvalue weighted by Crippen LogP contribution is 2.29. The molecule has 0 spiro atoms. The van der Waals surface area contributed by atoms with Crippen molar-refractivity contribution in [1.29, 1.82) is 0 Å². The van der Waals surface area contributed by atoms with Crippen LogP contribution in [-0.2, 0) is 16.4 Å². The van der Waals surface area contributed by atoms with E-state index in [9.17, 15) is 13.2 Å². The number of carbonyl (C=O) groups excluding carboxylic acids is 1. The first-order valence-corrected chi connectivity index (χ1v) is 11.3. The number of hydrogen-bond acceptors (Lipinski definition) is 6. The number of nitrogens with zero attached hydrogens (tertiary/aromatic N) is 3. The maximum absolute atomic E-state index is 13.1. The van der Waals surface area contributed by atoms with Gasteiger partial charge in [-0.25, -0.2) is 18.4 Å². The smallest absolute Gasteiger partial charge is 0.254 e. The van der Waals surface area contributed by atoms with Crippen LogP contribution in [0.1, 0.15) is 27.0 Å². The number of sulfone groups is 1. The molecular weight excluding hydrogens is 428 g/mol. The van der Waals surface area contributed by atoms with Gasteiger partial charge in [0.25, 0.3) is 5.91 Å². The highest BCUT2D eigenvalue weighted by molar-refractivity contribution is 7.91. The monoisotopic (exact) mass is 450 g/mol. The van der Waals surface area contributed by atoms with E-state index in [1.807, 2.05) is 13.8 Å². The lowest BCUT2D eigenvalue weighted by molar-refractivity contribution is 0.0950. The average Bonchev–Trinajstić information content (AvgIpc) is 3.25. The van der Waals surface area contributed by atoms with E-state index in [0.717, 1.165) is 16.7 Å². The summed E-state index contributed by atoms with van der Waals surface area (Å²) in [4.78, 5) is 21.0. The molecule has 0 radical (unpaired) electrons. The Hall–Kier alpha value is -3.72. The van der Waals surface area contributed by atoms with E-state index in [-0.39, 0.29) is 22.2 Å². The van der Waals surface area contributed by atoms with E-state index in [1.165, 1.54) is 6.20 Å². The molecule has 1 amide bonds. The molecule has 0 aliphatic rings. The fraction of sp³-hybridized carbons (Fsp3) is 0.174. The van der Waals surface area contributed by atoms with Crippen molar-refractivity contribution in [3.63, 3.8) is 0 Å². The Balaban J connectivity index is 1.48. The summed E-state index contributed by atoms with van der Waals surface area (Å²) in [6.07, 6.45) is 6.43. The molecule has 0 saturated carbocycles. The summed E-state index contributed by atoms with van der Waals surface area (Å²) in [7, 11) is -2.11.